The van der Waals surface area contributed by atoms with E-state index in [1.807, 2.05) is 0 Å². The van der Waals surface area contributed by atoms with Crippen LogP contribution in [0.1, 0.15) is 36.0 Å². The number of carbonyl (C=O) groups is 1. The lowest BCUT2D eigenvalue weighted by Crippen LogP contribution is -2.32. The van der Waals surface area contributed by atoms with Gasteiger partial charge in [0.25, 0.3) is 5.69 Å². The Kier molecular flexibility index (Phi) is 6.68. The molecule has 2 aromatic carbocycles. The molecule has 0 atom stereocenters. The van der Waals surface area contributed by atoms with Crippen LogP contribution in [0.4, 0.5) is 5.69 Å². The monoisotopic (exact) mass is 434 g/mol. The summed E-state index contributed by atoms with van der Waals surface area (Å²) in [5.74, 6) is -0.525. The van der Waals surface area contributed by atoms with E-state index < -0.39 is 20.9 Å². The first-order valence-corrected chi connectivity index (χ1v) is 10.9. The SMILES string of the molecule is COc1ccc(C(=O)Oc2ccc([N+](=O)[O-])cc2)cc1S(=O)(=O)N1CCCCCC1. The summed E-state index contributed by atoms with van der Waals surface area (Å²) in [6, 6.07) is 9.10. The maximum absolute atomic E-state index is 13.2. The van der Waals surface area contributed by atoms with Gasteiger partial charge in [-0.05, 0) is 43.2 Å². The van der Waals surface area contributed by atoms with Crippen molar-refractivity contribution < 1.29 is 27.6 Å². The number of benzene rings is 2. The minimum absolute atomic E-state index is 0.0301. The van der Waals surface area contributed by atoms with E-state index in [0.717, 1.165) is 25.7 Å². The van der Waals surface area contributed by atoms with Crippen molar-refractivity contribution in [3.05, 3.63) is 58.1 Å². The largest absolute Gasteiger partial charge is 0.495 e. The summed E-state index contributed by atoms with van der Waals surface area (Å²) in [5, 5.41) is 10.7. The number of carbonyl (C=O) groups excluding carboxylic acids is 1. The number of ether oxygens (including phenoxy) is 2. The normalized spacial score (nSPS) is 15.2. The topological polar surface area (TPSA) is 116 Å². The first kappa shape index (κ1) is 21.7. The molecule has 2 aromatic rings. The highest BCUT2D eigenvalue weighted by Crippen LogP contribution is 2.30. The van der Waals surface area contributed by atoms with Crippen LogP contribution in [-0.2, 0) is 10.0 Å². The maximum Gasteiger partial charge on any atom is 0.343 e. The Hall–Kier alpha value is -2.98. The molecule has 10 heteroatoms. The summed E-state index contributed by atoms with van der Waals surface area (Å²) in [5.41, 5.74) is -0.104. The molecule has 0 N–H and O–H groups in total. The molecule has 0 amide bonds. The summed E-state index contributed by atoms with van der Waals surface area (Å²) in [6.07, 6.45) is 3.52. The van der Waals surface area contributed by atoms with Gasteiger partial charge in [-0.15, -0.1) is 0 Å². The van der Waals surface area contributed by atoms with E-state index in [1.54, 1.807) is 0 Å². The molecule has 0 aromatic heterocycles. The van der Waals surface area contributed by atoms with Gasteiger partial charge >= 0.3 is 5.97 Å². The van der Waals surface area contributed by atoms with E-state index in [1.165, 1.54) is 53.9 Å². The van der Waals surface area contributed by atoms with Crippen LogP contribution in [0.3, 0.4) is 0 Å². The number of hydrogen-bond acceptors (Lipinski definition) is 7. The Morgan fingerprint density at radius 1 is 1.03 bits per heavy atom. The fourth-order valence-corrected chi connectivity index (χ4v) is 4.93. The van der Waals surface area contributed by atoms with Crippen molar-refractivity contribution >= 4 is 21.7 Å². The maximum atomic E-state index is 13.2. The van der Waals surface area contributed by atoms with E-state index in [-0.39, 0.29) is 27.6 Å². The molecular formula is C20H22N2O7S. The zero-order valence-electron chi connectivity index (χ0n) is 16.4. The lowest BCUT2D eigenvalue weighted by Gasteiger charge is -2.21. The lowest BCUT2D eigenvalue weighted by molar-refractivity contribution is -0.384. The molecule has 1 heterocycles. The van der Waals surface area contributed by atoms with Gasteiger partial charge in [0.05, 0.1) is 17.6 Å². The van der Waals surface area contributed by atoms with Crippen molar-refractivity contribution in [2.24, 2.45) is 0 Å². The smallest absolute Gasteiger partial charge is 0.343 e. The van der Waals surface area contributed by atoms with Gasteiger partial charge in [-0.1, -0.05) is 12.8 Å². The zero-order chi connectivity index (χ0) is 21.7. The van der Waals surface area contributed by atoms with Crippen LogP contribution >= 0.6 is 0 Å². The van der Waals surface area contributed by atoms with Gasteiger partial charge < -0.3 is 9.47 Å². The fourth-order valence-electron chi connectivity index (χ4n) is 3.23. The van der Waals surface area contributed by atoms with Gasteiger partial charge in [0.2, 0.25) is 10.0 Å². The van der Waals surface area contributed by atoms with E-state index in [2.05, 4.69) is 0 Å². The standard InChI is InChI=1S/C20H22N2O7S/c1-28-18-11-6-15(20(23)29-17-9-7-16(8-10-17)22(24)25)14-19(18)30(26,27)21-12-4-2-3-5-13-21/h6-11,14H,2-5,12-13H2,1H3. The first-order valence-electron chi connectivity index (χ1n) is 9.48. The zero-order valence-corrected chi connectivity index (χ0v) is 17.3. The third-order valence-corrected chi connectivity index (χ3v) is 6.76. The second kappa shape index (κ2) is 9.23. The Labute approximate surface area is 174 Å². The number of nitrogens with zero attached hydrogens (tertiary/aromatic N) is 2. The predicted molar refractivity (Wildman–Crippen MR) is 108 cm³/mol. The van der Waals surface area contributed by atoms with Crippen LogP contribution < -0.4 is 9.47 Å². The molecule has 0 bridgehead atoms. The molecule has 1 aliphatic heterocycles. The number of sulfonamides is 1. The summed E-state index contributed by atoms with van der Waals surface area (Å²) in [7, 11) is -2.48. The van der Waals surface area contributed by atoms with Crippen LogP contribution in [0.25, 0.3) is 0 Å². The molecule has 9 nitrogen and oxygen atoms in total. The van der Waals surface area contributed by atoms with Gasteiger partial charge in [0, 0.05) is 25.2 Å². The average molecular weight is 434 g/mol. The first-order chi connectivity index (χ1) is 14.3. The van der Waals surface area contributed by atoms with E-state index in [0.29, 0.717) is 13.1 Å². The molecule has 0 saturated carbocycles. The summed E-state index contributed by atoms with van der Waals surface area (Å²) in [6.45, 7) is 0.839. The van der Waals surface area contributed by atoms with Crippen molar-refractivity contribution in [1.82, 2.24) is 4.31 Å². The summed E-state index contributed by atoms with van der Waals surface area (Å²) >= 11 is 0. The minimum atomic E-state index is -3.85. The van der Waals surface area contributed by atoms with Crippen LogP contribution in [-0.4, -0.2) is 43.8 Å². The number of rotatable bonds is 6. The highest BCUT2D eigenvalue weighted by atomic mass is 32.2. The van der Waals surface area contributed by atoms with E-state index >= 15 is 0 Å². The second-order valence-corrected chi connectivity index (χ2v) is 8.73. The van der Waals surface area contributed by atoms with Crippen molar-refractivity contribution in [3.63, 3.8) is 0 Å². The number of methoxy groups -OCH3 is 1. The summed E-state index contributed by atoms with van der Waals surface area (Å²) in [4.78, 5) is 22.6. The van der Waals surface area contributed by atoms with Crippen LogP contribution in [0.2, 0.25) is 0 Å². The molecule has 1 fully saturated rings. The Balaban J connectivity index is 1.87. The Morgan fingerprint density at radius 2 is 1.67 bits per heavy atom. The lowest BCUT2D eigenvalue weighted by atomic mass is 10.2. The highest BCUT2D eigenvalue weighted by molar-refractivity contribution is 7.89. The van der Waals surface area contributed by atoms with Crippen LogP contribution in [0.15, 0.2) is 47.4 Å². The molecule has 3 rings (SSSR count). The van der Waals surface area contributed by atoms with Crippen molar-refractivity contribution in [2.45, 2.75) is 30.6 Å². The van der Waals surface area contributed by atoms with Crippen molar-refractivity contribution in [1.29, 1.82) is 0 Å². The van der Waals surface area contributed by atoms with Gasteiger partial charge in [-0.25, -0.2) is 13.2 Å². The van der Waals surface area contributed by atoms with Gasteiger partial charge in [0.15, 0.2) is 0 Å². The third kappa shape index (κ3) is 4.77. The predicted octanol–water partition coefficient (Wildman–Crippen LogP) is 3.39. The van der Waals surface area contributed by atoms with Gasteiger partial charge in [-0.2, -0.15) is 4.31 Å². The van der Waals surface area contributed by atoms with E-state index in [9.17, 15) is 23.3 Å². The second-order valence-electron chi connectivity index (χ2n) is 6.82. The minimum Gasteiger partial charge on any atom is -0.495 e. The molecular weight excluding hydrogens is 412 g/mol. The number of nitro benzene ring substituents is 1. The fraction of sp³-hybridized carbons (Fsp3) is 0.350. The number of nitro groups is 1. The molecule has 1 saturated heterocycles. The number of hydrogen-bond donors (Lipinski definition) is 0. The molecule has 160 valence electrons. The average Bonchev–Trinajstić information content (AvgIpc) is 3.04. The van der Waals surface area contributed by atoms with Gasteiger partial charge in [0.1, 0.15) is 16.4 Å². The number of esters is 1. The molecule has 0 radical (unpaired) electrons. The quantitative estimate of drug-likeness (QED) is 0.296. The molecule has 1 aliphatic rings. The molecule has 0 spiro atoms. The van der Waals surface area contributed by atoms with E-state index in [4.69, 9.17) is 9.47 Å². The Bertz CT molecular complexity index is 1030. The third-order valence-electron chi connectivity index (χ3n) is 4.84. The number of non-ortho nitro benzene ring substituents is 1. The van der Waals surface area contributed by atoms with Crippen molar-refractivity contribution in [2.75, 3.05) is 20.2 Å². The van der Waals surface area contributed by atoms with Gasteiger partial charge in [-0.3, -0.25) is 10.1 Å². The molecule has 0 aliphatic carbocycles. The van der Waals surface area contributed by atoms with Crippen LogP contribution in [0.5, 0.6) is 11.5 Å². The van der Waals surface area contributed by atoms with Crippen LogP contribution in [0, 0.1) is 10.1 Å². The van der Waals surface area contributed by atoms with Crippen molar-refractivity contribution in [3.8, 4) is 11.5 Å². The Morgan fingerprint density at radius 3 is 2.23 bits per heavy atom. The molecule has 30 heavy (non-hydrogen) atoms. The summed E-state index contributed by atoms with van der Waals surface area (Å²) < 4.78 is 38.2. The molecule has 0 unspecified atom stereocenters. The highest BCUT2D eigenvalue weighted by Gasteiger charge is 2.29.